The summed E-state index contributed by atoms with van der Waals surface area (Å²) in [5.41, 5.74) is 0. The first-order valence-electron chi connectivity index (χ1n) is 7.24. The number of rotatable bonds is 5. The van der Waals surface area contributed by atoms with Gasteiger partial charge in [-0.15, -0.1) is 11.3 Å². The van der Waals surface area contributed by atoms with E-state index < -0.39 is 0 Å². The average Bonchev–Trinajstić information content (AvgIpc) is 3.11. The maximum absolute atomic E-state index is 4.41. The summed E-state index contributed by atoms with van der Waals surface area (Å²) in [6, 6.07) is 4.38. The van der Waals surface area contributed by atoms with Crippen LogP contribution in [0, 0.1) is 0 Å². The summed E-state index contributed by atoms with van der Waals surface area (Å²) in [5.74, 6) is 1.16. The number of aryl methyl sites for hydroxylation is 1. The van der Waals surface area contributed by atoms with Crippen LogP contribution in [0.25, 0.3) is 0 Å². The van der Waals surface area contributed by atoms with Gasteiger partial charge in [-0.05, 0) is 17.9 Å². The zero-order chi connectivity index (χ0) is 13.8. The topological polar surface area (TPSA) is 24.3 Å². The van der Waals surface area contributed by atoms with Gasteiger partial charge in [-0.1, -0.05) is 6.07 Å². The molecule has 20 heavy (non-hydrogen) atoms. The molecule has 5 heteroatoms. The fraction of sp³-hybridized carbons (Fsp3) is 0.533. The quantitative estimate of drug-likeness (QED) is 0.840. The van der Waals surface area contributed by atoms with Crippen molar-refractivity contribution in [2.24, 2.45) is 7.05 Å². The van der Waals surface area contributed by atoms with Crippen LogP contribution in [0.3, 0.4) is 0 Å². The Morgan fingerprint density at radius 3 is 2.65 bits per heavy atom. The summed E-state index contributed by atoms with van der Waals surface area (Å²) in [7, 11) is 2.07. The fourth-order valence-corrected chi connectivity index (χ4v) is 3.34. The predicted octanol–water partition coefficient (Wildman–Crippen LogP) is 1.84. The van der Waals surface area contributed by atoms with Gasteiger partial charge in [0.1, 0.15) is 5.82 Å². The first kappa shape index (κ1) is 13.8. The van der Waals surface area contributed by atoms with Crippen LogP contribution in [0.1, 0.15) is 10.7 Å². The molecule has 2 aromatic rings. The SMILES string of the molecule is Cn1ccnc1CN1CCN(CCc2cccs2)CC1. The van der Waals surface area contributed by atoms with Crippen LogP contribution in [-0.2, 0) is 20.0 Å². The highest BCUT2D eigenvalue weighted by atomic mass is 32.1. The van der Waals surface area contributed by atoms with Crippen molar-refractivity contribution in [3.8, 4) is 0 Å². The van der Waals surface area contributed by atoms with E-state index in [0.29, 0.717) is 0 Å². The standard InChI is InChI=1S/C15H22N4S/c1-17-7-5-16-15(17)13-19-10-8-18(9-11-19)6-4-14-3-2-12-20-14/h2-3,5,7,12H,4,6,8-11,13H2,1H3. The molecule has 108 valence electrons. The largest absolute Gasteiger partial charge is 0.337 e. The van der Waals surface area contributed by atoms with Crippen molar-refractivity contribution in [2.75, 3.05) is 32.7 Å². The average molecular weight is 290 g/mol. The highest BCUT2D eigenvalue weighted by Crippen LogP contribution is 2.11. The second kappa shape index (κ2) is 6.52. The summed E-state index contributed by atoms with van der Waals surface area (Å²) in [6.45, 7) is 6.82. The molecule has 0 N–H and O–H groups in total. The molecule has 4 nitrogen and oxygen atoms in total. The lowest BCUT2D eigenvalue weighted by Gasteiger charge is -2.34. The maximum Gasteiger partial charge on any atom is 0.122 e. The van der Waals surface area contributed by atoms with Gasteiger partial charge >= 0.3 is 0 Å². The van der Waals surface area contributed by atoms with Gasteiger partial charge in [0.25, 0.3) is 0 Å². The van der Waals surface area contributed by atoms with Gasteiger partial charge in [-0.25, -0.2) is 4.98 Å². The molecule has 2 aromatic heterocycles. The summed E-state index contributed by atoms with van der Waals surface area (Å²) in [5, 5.41) is 2.17. The molecule has 0 amide bonds. The number of hydrogen-bond acceptors (Lipinski definition) is 4. The van der Waals surface area contributed by atoms with E-state index in [4.69, 9.17) is 0 Å². The summed E-state index contributed by atoms with van der Waals surface area (Å²) >= 11 is 1.87. The van der Waals surface area contributed by atoms with Crippen molar-refractivity contribution < 1.29 is 0 Å². The van der Waals surface area contributed by atoms with Gasteiger partial charge in [0.2, 0.25) is 0 Å². The van der Waals surface area contributed by atoms with Crippen molar-refractivity contribution in [3.05, 3.63) is 40.6 Å². The summed E-state index contributed by atoms with van der Waals surface area (Å²) in [4.78, 5) is 11.0. The second-order valence-corrected chi connectivity index (χ2v) is 6.43. The Balaban J connectivity index is 1.42. The lowest BCUT2D eigenvalue weighted by Crippen LogP contribution is -2.46. The molecular weight excluding hydrogens is 268 g/mol. The van der Waals surface area contributed by atoms with Crippen molar-refractivity contribution in [2.45, 2.75) is 13.0 Å². The van der Waals surface area contributed by atoms with Crippen LogP contribution >= 0.6 is 11.3 Å². The predicted molar refractivity (Wildman–Crippen MR) is 82.9 cm³/mol. The lowest BCUT2D eigenvalue weighted by atomic mass is 10.2. The molecule has 0 unspecified atom stereocenters. The monoisotopic (exact) mass is 290 g/mol. The molecule has 1 fully saturated rings. The maximum atomic E-state index is 4.41. The van der Waals surface area contributed by atoms with Crippen LogP contribution in [0.15, 0.2) is 29.9 Å². The minimum Gasteiger partial charge on any atom is -0.337 e. The van der Waals surface area contributed by atoms with Gasteiger partial charge < -0.3 is 9.47 Å². The smallest absolute Gasteiger partial charge is 0.122 e. The number of hydrogen-bond donors (Lipinski definition) is 0. The zero-order valence-corrected chi connectivity index (χ0v) is 12.9. The molecule has 0 saturated carbocycles. The van der Waals surface area contributed by atoms with E-state index >= 15 is 0 Å². The molecule has 3 rings (SSSR count). The van der Waals surface area contributed by atoms with Gasteiger partial charge in [0.15, 0.2) is 0 Å². The number of nitrogens with zero attached hydrogens (tertiary/aromatic N) is 4. The Bertz CT molecular complexity index is 512. The van der Waals surface area contributed by atoms with Crippen LogP contribution in [0.4, 0.5) is 0 Å². The number of piperazine rings is 1. The van der Waals surface area contributed by atoms with Gasteiger partial charge in [-0.2, -0.15) is 0 Å². The van der Waals surface area contributed by atoms with E-state index in [1.54, 1.807) is 0 Å². The van der Waals surface area contributed by atoms with Crippen LogP contribution in [0.5, 0.6) is 0 Å². The van der Waals surface area contributed by atoms with Crippen molar-refractivity contribution in [1.82, 2.24) is 19.4 Å². The molecule has 1 saturated heterocycles. The number of aromatic nitrogens is 2. The number of thiophene rings is 1. The number of imidazole rings is 1. The normalized spacial score (nSPS) is 17.6. The molecule has 0 aromatic carbocycles. The molecule has 0 atom stereocenters. The Morgan fingerprint density at radius 1 is 1.20 bits per heavy atom. The van der Waals surface area contributed by atoms with E-state index in [9.17, 15) is 0 Å². The van der Waals surface area contributed by atoms with E-state index in [-0.39, 0.29) is 0 Å². The van der Waals surface area contributed by atoms with Gasteiger partial charge in [-0.3, -0.25) is 4.90 Å². The Morgan fingerprint density at radius 2 is 2.00 bits per heavy atom. The Labute approximate surface area is 124 Å². The second-order valence-electron chi connectivity index (χ2n) is 5.40. The Kier molecular flexibility index (Phi) is 4.50. The summed E-state index contributed by atoms with van der Waals surface area (Å²) in [6.07, 6.45) is 5.09. The molecule has 1 aliphatic rings. The first-order chi connectivity index (χ1) is 9.81. The van der Waals surface area contributed by atoms with Crippen LogP contribution in [0.2, 0.25) is 0 Å². The first-order valence-corrected chi connectivity index (χ1v) is 8.12. The van der Waals surface area contributed by atoms with E-state index in [0.717, 1.165) is 25.5 Å². The Hall–Kier alpha value is -1.17. The fourth-order valence-electron chi connectivity index (χ4n) is 2.64. The zero-order valence-electron chi connectivity index (χ0n) is 12.0. The minimum atomic E-state index is 0.974. The van der Waals surface area contributed by atoms with Crippen molar-refractivity contribution >= 4 is 11.3 Å². The van der Waals surface area contributed by atoms with Crippen molar-refractivity contribution in [1.29, 1.82) is 0 Å². The third-order valence-electron chi connectivity index (χ3n) is 4.01. The molecule has 0 radical (unpaired) electrons. The van der Waals surface area contributed by atoms with Gasteiger partial charge in [0, 0.05) is 57.0 Å². The van der Waals surface area contributed by atoms with E-state index in [1.165, 1.54) is 30.9 Å². The van der Waals surface area contributed by atoms with Crippen molar-refractivity contribution in [3.63, 3.8) is 0 Å². The highest BCUT2D eigenvalue weighted by Gasteiger charge is 2.17. The van der Waals surface area contributed by atoms with E-state index in [2.05, 4.69) is 43.9 Å². The lowest BCUT2D eigenvalue weighted by molar-refractivity contribution is 0.125. The van der Waals surface area contributed by atoms with Gasteiger partial charge in [0.05, 0.1) is 6.54 Å². The highest BCUT2D eigenvalue weighted by molar-refractivity contribution is 7.09. The van der Waals surface area contributed by atoms with E-state index in [1.807, 2.05) is 23.7 Å². The van der Waals surface area contributed by atoms with Crippen LogP contribution in [-0.4, -0.2) is 52.1 Å². The van der Waals surface area contributed by atoms with Crippen LogP contribution < -0.4 is 0 Å². The third kappa shape index (κ3) is 3.48. The minimum absolute atomic E-state index is 0.974. The molecule has 3 heterocycles. The summed E-state index contributed by atoms with van der Waals surface area (Å²) < 4.78 is 2.11. The third-order valence-corrected chi connectivity index (χ3v) is 4.94. The molecule has 0 spiro atoms. The molecule has 0 aliphatic carbocycles. The molecule has 0 bridgehead atoms. The molecule has 1 aliphatic heterocycles. The molecular formula is C15H22N4S.